The van der Waals surface area contributed by atoms with Gasteiger partial charge in [-0.3, -0.25) is 0 Å². The van der Waals surface area contributed by atoms with Crippen molar-refractivity contribution in [2.45, 2.75) is 27.7 Å². The Labute approximate surface area is 37.2 Å². The average Bonchev–Trinajstić information content (AvgIpc) is 0.918. The zero-order chi connectivity index (χ0) is 2.71. The topological polar surface area (TPSA) is 0 Å². The fraction of sp³-hybridized carbons (Fsp3) is 1.00. The van der Waals surface area contributed by atoms with E-state index < -0.39 is 0 Å². The molecule has 0 heterocycles. The summed E-state index contributed by atoms with van der Waals surface area (Å²) in [4.78, 5) is 0. The Balaban J connectivity index is -0.0000000200. The van der Waals surface area contributed by atoms with Gasteiger partial charge in [-0.15, -0.1) is 0 Å². The average molecular weight is 71.0 g/mol. The maximum atomic E-state index is 2.12. The van der Waals surface area contributed by atoms with E-state index in [0.29, 0.717) is 0 Å². The highest BCUT2D eigenvalue weighted by atomic mass is 13.4. The molecule has 0 atom stereocenters. The van der Waals surface area contributed by atoms with Gasteiger partial charge in [-0.25, -0.2) is 0 Å². The molecule has 5 heavy (non-hydrogen) atoms. The molecule has 1 heteroatoms. The monoisotopic (exact) mass is 71.1 g/mol. The molecular formula is C4H12B. The largest absolute Gasteiger partial charge is 0.0776 e. The van der Waals surface area contributed by atoms with E-state index in [9.17, 15) is 0 Å². The molecule has 0 unspecified atom stereocenters. The van der Waals surface area contributed by atoms with E-state index in [0.717, 1.165) is 0 Å². The van der Waals surface area contributed by atoms with Crippen molar-refractivity contribution in [1.29, 1.82) is 0 Å². The minimum absolute atomic E-state index is 0. The molecule has 0 aliphatic heterocycles. The molecule has 0 rings (SSSR count). The molecule has 0 nitrogen and oxygen atoms in total. The lowest BCUT2D eigenvalue weighted by Crippen LogP contribution is -1.27. The number of rotatable bonds is 0. The third kappa shape index (κ3) is 4110. The summed E-state index contributed by atoms with van der Waals surface area (Å²) in [5.74, 6) is 0. The van der Waals surface area contributed by atoms with Gasteiger partial charge in [0.2, 0.25) is 0 Å². The molecule has 0 fully saturated rings. The van der Waals surface area contributed by atoms with E-state index in [1.165, 1.54) is 6.42 Å². The summed E-state index contributed by atoms with van der Waals surface area (Å²) in [5, 5.41) is 0. The van der Waals surface area contributed by atoms with Crippen LogP contribution in [0.15, 0.2) is 0 Å². The van der Waals surface area contributed by atoms with Crippen molar-refractivity contribution in [3.8, 4) is 0 Å². The lowest BCUT2D eigenvalue weighted by Gasteiger charge is -1.48. The lowest BCUT2D eigenvalue weighted by atomic mass is 10.6. The summed E-state index contributed by atoms with van der Waals surface area (Å²) in [5.41, 5.74) is 0. The molecule has 0 saturated carbocycles. The third-order valence-corrected chi connectivity index (χ3v) is 0. The summed E-state index contributed by atoms with van der Waals surface area (Å²) in [6.07, 6.45) is 1.25. The van der Waals surface area contributed by atoms with Crippen LogP contribution in [-0.2, 0) is 0 Å². The molecular weight excluding hydrogens is 58.9 g/mol. The first-order valence-corrected chi connectivity index (χ1v) is 1.41. The zero-order valence-corrected chi connectivity index (χ0v) is 3.28. The lowest BCUT2D eigenvalue weighted by molar-refractivity contribution is 1.09. The van der Waals surface area contributed by atoms with Gasteiger partial charge in [0.25, 0.3) is 0 Å². The molecule has 3 radical (unpaired) electrons. The second-order valence-electron chi connectivity index (χ2n) is 0.707. The predicted octanol–water partition coefficient (Wildman–Crippen LogP) is 1.67. The van der Waals surface area contributed by atoms with E-state index in [2.05, 4.69) is 13.8 Å². The van der Waals surface area contributed by atoms with Gasteiger partial charge in [-0.1, -0.05) is 27.7 Å². The molecule has 0 aromatic carbocycles. The molecule has 0 amide bonds. The molecule has 0 aliphatic rings. The van der Waals surface area contributed by atoms with Crippen LogP contribution in [0.2, 0.25) is 0 Å². The summed E-state index contributed by atoms with van der Waals surface area (Å²) >= 11 is 0. The summed E-state index contributed by atoms with van der Waals surface area (Å²) in [6, 6.07) is 0. The van der Waals surface area contributed by atoms with Crippen LogP contribution in [0.5, 0.6) is 0 Å². The van der Waals surface area contributed by atoms with E-state index in [1.54, 1.807) is 0 Å². The second kappa shape index (κ2) is 33.7. The Morgan fingerprint density at radius 1 is 1.20 bits per heavy atom. The maximum absolute atomic E-state index is 2.12. The summed E-state index contributed by atoms with van der Waals surface area (Å²) in [6.45, 7) is 4.25. The molecule has 0 bridgehead atoms. The summed E-state index contributed by atoms with van der Waals surface area (Å²) in [7, 11) is 0. The first-order chi connectivity index (χ1) is 1.41. The maximum Gasteiger partial charge on any atom is 0 e. The van der Waals surface area contributed by atoms with E-state index in [1.807, 2.05) is 0 Å². The van der Waals surface area contributed by atoms with Crippen LogP contribution in [0, 0.1) is 0 Å². The predicted molar refractivity (Wildman–Crippen MR) is 28.4 cm³/mol. The van der Waals surface area contributed by atoms with Crippen LogP contribution in [0.4, 0.5) is 0 Å². The Morgan fingerprint density at radius 3 is 1.20 bits per heavy atom. The minimum Gasteiger partial charge on any atom is -0.0776 e. The van der Waals surface area contributed by atoms with Crippen molar-refractivity contribution >= 4 is 8.41 Å². The number of hydrogen-bond acceptors (Lipinski definition) is 0. The van der Waals surface area contributed by atoms with Gasteiger partial charge in [0.05, 0.1) is 0 Å². The Morgan fingerprint density at radius 2 is 1.20 bits per heavy atom. The fourth-order valence-corrected chi connectivity index (χ4v) is 0. The van der Waals surface area contributed by atoms with Gasteiger partial charge in [0.15, 0.2) is 0 Å². The van der Waals surface area contributed by atoms with Crippen molar-refractivity contribution in [3.05, 3.63) is 0 Å². The van der Waals surface area contributed by atoms with Crippen LogP contribution in [0.3, 0.4) is 0 Å². The van der Waals surface area contributed by atoms with Gasteiger partial charge in [0, 0.05) is 8.41 Å². The molecule has 0 spiro atoms. The second-order valence-corrected chi connectivity index (χ2v) is 0.707. The highest BCUT2D eigenvalue weighted by Gasteiger charge is 1.35. The van der Waals surface area contributed by atoms with Crippen LogP contribution < -0.4 is 0 Å². The van der Waals surface area contributed by atoms with Gasteiger partial charge in [-0.2, -0.15) is 0 Å². The van der Waals surface area contributed by atoms with Crippen molar-refractivity contribution < 1.29 is 0 Å². The zero-order valence-electron chi connectivity index (χ0n) is 3.28. The molecule has 0 aromatic rings. The fourth-order valence-electron chi connectivity index (χ4n) is 0. The molecule has 0 aliphatic carbocycles. The quantitative estimate of drug-likeness (QED) is 0.381. The standard InChI is InChI=1S/C3H8.CH4.B/c1-3-2;;/h3H2,1-2H3;1H4;. The first-order valence-electron chi connectivity index (χ1n) is 1.41. The van der Waals surface area contributed by atoms with Crippen LogP contribution in [0.1, 0.15) is 27.7 Å². The van der Waals surface area contributed by atoms with Gasteiger partial charge in [-0.05, 0) is 0 Å². The van der Waals surface area contributed by atoms with E-state index in [4.69, 9.17) is 0 Å². The smallest absolute Gasteiger partial charge is 0 e. The molecule has 0 saturated heterocycles. The summed E-state index contributed by atoms with van der Waals surface area (Å²) < 4.78 is 0. The van der Waals surface area contributed by atoms with E-state index >= 15 is 0 Å². The van der Waals surface area contributed by atoms with Crippen LogP contribution in [-0.4, -0.2) is 8.41 Å². The van der Waals surface area contributed by atoms with Gasteiger partial charge >= 0.3 is 0 Å². The Kier molecular flexibility index (Phi) is 132. The van der Waals surface area contributed by atoms with Gasteiger partial charge < -0.3 is 0 Å². The molecule has 0 aromatic heterocycles. The van der Waals surface area contributed by atoms with Crippen LogP contribution in [0.25, 0.3) is 0 Å². The highest BCUT2D eigenvalue weighted by Crippen LogP contribution is 1.56. The Bertz CT molecular complexity index is 3.61. The van der Waals surface area contributed by atoms with Crippen molar-refractivity contribution in [1.82, 2.24) is 0 Å². The van der Waals surface area contributed by atoms with Gasteiger partial charge in [0.1, 0.15) is 0 Å². The first kappa shape index (κ1) is 19.6. The van der Waals surface area contributed by atoms with Crippen LogP contribution >= 0.6 is 0 Å². The van der Waals surface area contributed by atoms with Crippen molar-refractivity contribution in [2.75, 3.05) is 0 Å². The minimum atomic E-state index is 0. The van der Waals surface area contributed by atoms with E-state index in [-0.39, 0.29) is 15.8 Å². The van der Waals surface area contributed by atoms with Crippen molar-refractivity contribution in [2.24, 2.45) is 0 Å². The number of hydrogen-bond donors (Lipinski definition) is 0. The molecule has 31 valence electrons. The SMILES string of the molecule is C.CCC.[B]. The third-order valence-electron chi connectivity index (χ3n) is 0. The highest BCUT2D eigenvalue weighted by molar-refractivity contribution is 5.75. The molecule has 0 N–H and O–H groups in total. The van der Waals surface area contributed by atoms with Crippen molar-refractivity contribution in [3.63, 3.8) is 0 Å². The Hall–Kier alpha value is 0.0649. The normalized spacial score (nSPS) is 3.60.